The van der Waals surface area contributed by atoms with E-state index in [2.05, 4.69) is 15.3 Å². The Morgan fingerprint density at radius 3 is 2.71 bits per heavy atom. The van der Waals surface area contributed by atoms with E-state index in [9.17, 15) is 19.1 Å². The van der Waals surface area contributed by atoms with Gasteiger partial charge in [-0.2, -0.15) is 0 Å². The molecule has 0 spiro atoms. The number of nitrogens with zero attached hydrogens (tertiary/aromatic N) is 3. The SMILES string of the molecule is O=C(O)Oc1nc(-c2ccc3c(c2)N(C(=O)Nc2nc4ccccc4s2)CCO3)sc1-c1cccc(F)c1. The van der Waals surface area contributed by atoms with Crippen molar-refractivity contribution < 1.29 is 28.6 Å². The number of anilines is 2. The number of carbonyl (C=O) groups is 2. The van der Waals surface area contributed by atoms with Gasteiger partial charge < -0.3 is 14.6 Å². The molecule has 0 fully saturated rings. The van der Waals surface area contributed by atoms with Crippen LogP contribution in [0.4, 0.5) is 24.8 Å². The largest absolute Gasteiger partial charge is 0.512 e. The van der Waals surface area contributed by atoms with Gasteiger partial charge in [0.05, 0.1) is 27.3 Å². The number of carboxylic acid groups (broad SMARTS) is 1. The lowest BCUT2D eigenvalue weighted by atomic mass is 10.1. The van der Waals surface area contributed by atoms with Gasteiger partial charge >= 0.3 is 12.2 Å². The number of hydrogen-bond donors (Lipinski definition) is 2. The summed E-state index contributed by atoms with van der Waals surface area (Å²) < 4.78 is 25.5. The zero-order chi connectivity index (χ0) is 26.2. The zero-order valence-electron chi connectivity index (χ0n) is 19.4. The van der Waals surface area contributed by atoms with E-state index in [0.717, 1.165) is 21.6 Å². The summed E-state index contributed by atoms with van der Waals surface area (Å²) in [5.74, 6) is -0.106. The Hall–Kier alpha value is -4.55. The van der Waals surface area contributed by atoms with Crippen LogP contribution in [0.15, 0.2) is 66.7 Å². The third-order valence-electron chi connectivity index (χ3n) is 5.69. The molecule has 0 aliphatic carbocycles. The fraction of sp³-hybridized carbons (Fsp3) is 0.0769. The van der Waals surface area contributed by atoms with Crippen LogP contribution in [0.3, 0.4) is 0 Å². The molecule has 2 amide bonds. The average Bonchev–Trinajstić information content (AvgIpc) is 3.51. The monoisotopic (exact) mass is 548 g/mol. The molecule has 0 unspecified atom stereocenters. The molecule has 12 heteroatoms. The highest BCUT2D eigenvalue weighted by Crippen LogP contribution is 2.43. The average molecular weight is 549 g/mol. The number of nitrogens with one attached hydrogen (secondary N) is 1. The van der Waals surface area contributed by atoms with Gasteiger partial charge in [-0.1, -0.05) is 35.6 Å². The molecule has 0 radical (unpaired) electrons. The maximum atomic E-state index is 13.9. The third-order valence-corrected chi connectivity index (χ3v) is 7.78. The lowest BCUT2D eigenvalue weighted by Gasteiger charge is -2.29. The van der Waals surface area contributed by atoms with E-state index in [4.69, 9.17) is 9.47 Å². The van der Waals surface area contributed by atoms with Crippen LogP contribution >= 0.6 is 22.7 Å². The molecule has 0 atom stereocenters. The Morgan fingerprint density at radius 2 is 1.89 bits per heavy atom. The lowest BCUT2D eigenvalue weighted by Crippen LogP contribution is -2.40. The maximum absolute atomic E-state index is 13.9. The summed E-state index contributed by atoms with van der Waals surface area (Å²) in [6.45, 7) is 0.629. The molecule has 190 valence electrons. The van der Waals surface area contributed by atoms with Crippen LogP contribution in [0.25, 0.3) is 31.2 Å². The van der Waals surface area contributed by atoms with Gasteiger partial charge in [-0.15, -0.1) is 11.3 Å². The van der Waals surface area contributed by atoms with Crippen LogP contribution in [0.1, 0.15) is 0 Å². The summed E-state index contributed by atoms with van der Waals surface area (Å²) >= 11 is 2.53. The molecule has 0 saturated carbocycles. The molecule has 1 aliphatic rings. The standard InChI is InChI=1S/C26H17FN4O5S2/c27-16-5-3-4-14(12-16)21-22(36-26(33)34)29-23(38-21)15-8-9-19-18(13-15)31(10-11-35-19)25(32)30-24-28-17-6-1-2-7-20(17)37-24/h1-9,12-13H,10-11H2,(H,33,34)(H,28,30,32). The molecule has 0 bridgehead atoms. The minimum Gasteiger partial charge on any atom is -0.490 e. The van der Waals surface area contributed by atoms with E-state index in [0.29, 0.717) is 50.7 Å². The number of para-hydroxylation sites is 1. The minimum atomic E-state index is -1.53. The van der Waals surface area contributed by atoms with Crippen molar-refractivity contribution in [3.63, 3.8) is 0 Å². The molecule has 3 aromatic carbocycles. The number of amides is 2. The topological polar surface area (TPSA) is 114 Å². The molecular weight excluding hydrogens is 531 g/mol. The normalized spacial score (nSPS) is 12.6. The van der Waals surface area contributed by atoms with E-state index in [1.807, 2.05) is 24.3 Å². The van der Waals surface area contributed by atoms with Crippen molar-refractivity contribution >= 4 is 55.9 Å². The van der Waals surface area contributed by atoms with Gasteiger partial charge in [0.15, 0.2) is 5.13 Å². The predicted molar refractivity (Wildman–Crippen MR) is 143 cm³/mol. The smallest absolute Gasteiger partial charge is 0.490 e. The summed E-state index contributed by atoms with van der Waals surface area (Å²) in [6.07, 6.45) is -1.53. The molecule has 2 aromatic heterocycles. The molecule has 1 aliphatic heterocycles. The molecule has 38 heavy (non-hydrogen) atoms. The van der Waals surface area contributed by atoms with Crippen LogP contribution in [0.5, 0.6) is 11.6 Å². The number of urea groups is 1. The van der Waals surface area contributed by atoms with Gasteiger partial charge in [0.2, 0.25) is 5.88 Å². The third kappa shape index (κ3) is 4.62. The molecule has 3 heterocycles. The number of rotatable bonds is 4. The van der Waals surface area contributed by atoms with Gasteiger partial charge in [0.1, 0.15) is 23.2 Å². The number of benzene rings is 3. The van der Waals surface area contributed by atoms with Crippen molar-refractivity contribution in [1.82, 2.24) is 9.97 Å². The number of carbonyl (C=O) groups excluding carboxylic acids is 1. The van der Waals surface area contributed by atoms with Gasteiger partial charge in [0.25, 0.3) is 0 Å². The van der Waals surface area contributed by atoms with E-state index in [-0.39, 0.29) is 11.9 Å². The van der Waals surface area contributed by atoms with Crippen LogP contribution in [0.2, 0.25) is 0 Å². The van der Waals surface area contributed by atoms with Gasteiger partial charge in [0, 0.05) is 11.1 Å². The highest BCUT2D eigenvalue weighted by atomic mass is 32.1. The zero-order valence-corrected chi connectivity index (χ0v) is 21.0. The second kappa shape index (κ2) is 9.72. The van der Waals surface area contributed by atoms with Crippen LogP contribution in [0, 0.1) is 5.82 Å². The molecule has 9 nitrogen and oxygen atoms in total. The predicted octanol–water partition coefficient (Wildman–Crippen LogP) is 6.71. The van der Waals surface area contributed by atoms with E-state index in [1.54, 1.807) is 29.2 Å². The fourth-order valence-corrected chi connectivity index (χ4v) is 5.88. The first-order valence-electron chi connectivity index (χ1n) is 11.3. The molecule has 2 N–H and O–H groups in total. The van der Waals surface area contributed by atoms with Gasteiger partial charge in [-0.05, 0) is 42.5 Å². The van der Waals surface area contributed by atoms with Crippen molar-refractivity contribution in [2.24, 2.45) is 0 Å². The van der Waals surface area contributed by atoms with Crippen molar-refractivity contribution in [3.05, 3.63) is 72.5 Å². The summed E-state index contributed by atoms with van der Waals surface area (Å²) in [7, 11) is 0. The molecule has 5 aromatic rings. The minimum absolute atomic E-state index is 0.150. The summed E-state index contributed by atoms with van der Waals surface area (Å²) in [6, 6.07) is 18.2. The first kappa shape index (κ1) is 23.8. The Morgan fingerprint density at radius 1 is 1.03 bits per heavy atom. The number of hydrogen-bond acceptors (Lipinski definition) is 8. The number of fused-ring (bicyclic) bond motifs is 2. The second-order valence-electron chi connectivity index (χ2n) is 8.13. The Bertz CT molecular complexity index is 1670. The Labute approximate surface area is 222 Å². The van der Waals surface area contributed by atoms with Gasteiger partial charge in [-0.25, -0.2) is 23.9 Å². The quantitative estimate of drug-likeness (QED) is 0.240. The Kier molecular flexibility index (Phi) is 6.10. The van der Waals surface area contributed by atoms with Crippen molar-refractivity contribution in [2.75, 3.05) is 23.4 Å². The van der Waals surface area contributed by atoms with E-state index >= 15 is 0 Å². The first-order chi connectivity index (χ1) is 18.4. The van der Waals surface area contributed by atoms with Crippen LogP contribution in [-0.2, 0) is 0 Å². The number of ether oxygens (including phenoxy) is 2. The van der Waals surface area contributed by atoms with E-state index in [1.165, 1.54) is 29.5 Å². The van der Waals surface area contributed by atoms with Crippen molar-refractivity contribution in [2.45, 2.75) is 0 Å². The van der Waals surface area contributed by atoms with E-state index < -0.39 is 12.0 Å². The summed E-state index contributed by atoms with van der Waals surface area (Å²) in [4.78, 5) is 35.3. The fourth-order valence-electron chi connectivity index (χ4n) is 4.04. The summed E-state index contributed by atoms with van der Waals surface area (Å²) in [5, 5.41) is 13.0. The summed E-state index contributed by atoms with van der Waals surface area (Å²) in [5.41, 5.74) is 2.36. The highest BCUT2D eigenvalue weighted by molar-refractivity contribution is 7.22. The second-order valence-corrected chi connectivity index (χ2v) is 10.2. The lowest BCUT2D eigenvalue weighted by molar-refractivity contribution is 0.143. The molecule has 6 rings (SSSR count). The number of halogens is 1. The van der Waals surface area contributed by atoms with Crippen LogP contribution in [-0.4, -0.2) is 40.4 Å². The van der Waals surface area contributed by atoms with Crippen molar-refractivity contribution in [1.29, 1.82) is 0 Å². The first-order valence-corrected chi connectivity index (χ1v) is 13.0. The Balaban J connectivity index is 1.34. The number of aromatic nitrogens is 2. The highest BCUT2D eigenvalue weighted by Gasteiger charge is 2.26. The van der Waals surface area contributed by atoms with Gasteiger partial charge in [-0.3, -0.25) is 10.2 Å². The maximum Gasteiger partial charge on any atom is 0.512 e. The molecular formula is C26H17FN4O5S2. The van der Waals surface area contributed by atoms with Crippen molar-refractivity contribution in [3.8, 4) is 32.6 Å². The van der Waals surface area contributed by atoms with Crippen LogP contribution < -0.4 is 19.7 Å². The molecule has 0 saturated heterocycles. The number of thiazole rings is 2.